The number of hydrogen-bond acceptors (Lipinski definition) is 5. The smallest absolute Gasteiger partial charge is 0.242 e. The molecule has 0 aromatic heterocycles. The van der Waals surface area contributed by atoms with Gasteiger partial charge in [-0.05, 0) is 39.0 Å². The van der Waals surface area contributed by atoms with E-state index in [-0.39, 0.29) is 17.9 Å². The van der Waals surface area contributed by atoms with Gasteiger partial charge in [0.25, 0.3) is 0 Å². The van der Waals surface area contributed by atoms with Crippen LogP contribution in [0.5, 0.6) is 0 Å². The summed E-state index contributed by atoms with van der Waals surface area (Å²) in [6, 6.07) is 4.35. The van der Waals surface area contributed by atoms with Crippen molar-refractivity contribution in [2.24, 2.45) is 0 Å². The summed E-state index contributed by atoms with van der Waals surface area (Å²) in [5, 5.41) is 1.24. The lowest BCUT2D eigenvalue weighted by Gasteiger charge is -2.37. The van der Waals surface area contributed by atoms with Gasteiger partial charge < -0.3 is 15.0 Å². The third kappa shape index (κ3) is 4.45. The van der Waals surface area contributed by atoms with E-state index in [1.54, 1.807) is 12.1 Å². The van der Waals surface area contributed by atoms with Crippen LogP contribution in [0.2, 0.25) is 0 Å². The third-order valence-corrected chi connectivity index (χ3v) is 5.49. The fourth-order valence-corrected chi connectivity index (χ4v) is 3.10. The molecule has 134 valence electrons. The molecule has 1 aromatic carbocycles. The summed E-state index contributed by atoms with van der Waals surface area (Å²) in [5.74, 6) is -1.15. The molecule has 1 saturated heterocycles. The normalized spacial score (nSPS) is 23.0. The first kappa shape index (κ1) is 18.7. The predicted molar refractivity (Wildman–Crippen MR) is 91.6 cm³/mol. The van der Waals surface area contributed by atoms with Crippen molar-refractivity contribution in [2.45, 2.75) is 38.2 Å². The van der Waals surface area contributed by atoms with Crippen LogP contribution < -0.4 is 10.2 Å². The molecule has 1 aromatic rings. The van der Waals surface area contributed by atoms with E-state index in [2.05, 4.69) is 5.32 Å². The van der Waals surface area contributed by atoms with E-state index < -0.39 is 26.8 Å². The number of hydrogen-bond donors (Lipinski definition) is 1. The quantitative estimate of drug-likeness (QED) is 0.888. The zero-order valence-electron chi connectivity index (χ0n) is 14.2. The minimum atomic E-state index is -3.50. The predicted octanol–water partition coefficient (Wildman–Crippen LogP) is 1.81. The molecule has 8 heteroatoms. The zero-order chi connectivity index (χ0) is 18.1. The van der Waals surface area contributed by atoms with Crippen molar-refractivity contribution in [3.63, 3.8) is 0 Å². The highest BCUT2D eigenvalue weighted by Crippen LogP contribution is 2.26. The topological polar surface area (TPSA) is 75.7 Å². The molecule has 6 nitrogen and oxygen atoms in total. The number of morpholine rings is 1. The van der Waals surface area contributed by atoms with Crippen molar-refractivity contribution in [3.8, 4) is 0 Å². The van der Waals surface area contributed by atoms with Gasteiger partial charge in [-0.1, -0.05) is 0 Å². The molecule has 0 spiro atoms. The van der Waals surface area contributed by atoms with Gasteiger partial charge in [-0.25, -0.2) is 12.8 Å². The summed E-state index contributed by atoms with van der Waals surface area (Å²) in [6.07, 6.45) is 0.994. The maximum atomic E-state index is 14.4. The first-order valence-corrected chi connectivity index (χ1v) is 9.73. The van der Waals surface area contributed by atoms with Crippen LogP contribution in [0.25, 0.3) is 0 Å². The number of ether oxygens (including phenoxy) is 1. The number of halogens is 1. The van der Waals surface area contributed by atoms with Gasteiger partial charge in [0, 0.05) is 25.0 Å². The average molecular weight is 358 g/mol. The van der Waals surface area contributed by atoms with E-state index in [1.165, 1.54) is 13.0 Å². The van der Waals surface area contributed by atoms with Crippen LogP contribution in [-0.2, 0) is 19.4 Å². The Morgan fingerprint density at radius 3 is 2.42 bits per heavy atom. The maximum absolute atomic E-state index is 14.4. The average Bonchev–Trinajstić information content (AvgIpc) is 2.44. The lowest BCUT2D eigenvalue weighted by atomic mass is 10.2. The molecule has 0 aliphatic carbocycles. The molecule has 0 bridgehead atoms. The van der Waals surface area contributed by atoms with Gasteiger partial charge in [0.05, 0.1) is 17.9 Å². The Kier molecular flexibility index (Phi) is 5.49. The summed E-state index contributed by atoms with van der Waals surface area (Å²) in [5.41, 5.74) is 0.664. The Hall–Kier alpha value is -1.67. The summed E-state index contributed by atoms with van der Waals surface area (Å²) < 4.78 is 42.9. The van der Waals surface area contributed by atoms with Gasteiger partial charge in [-0.15, -0.1) is 0 Å². The van der Waals surface area contributed by atoms with Crippen LogP contribution in [0.4, 0.5) is 15.8 Å². The van der Waals surface area contributed by atoms with Crippen molar-refractivity contribution in [1.82, 2.24) is 0 Å². The molecule has 1 aliphatic heterocycles. The molecule has 0 radical (unpaired) electrons. The number of anilines is 2. The van der Waals surface area contributed by atoms with E-state index in [9.17, 15) is 17.6 Å². The number of rotatable bonds is 4. The zero-order valence-corrected chi connectivity index (χ0v) is 15.1. The lowest BCUT2D eigenvalue weighted by Crippen LogP contribution is -2.45. The van der Waals surface area contributed by atoms with Gasteiger partial charge in [0.15, 0.2) is 9.84 Å². The molecule has 2 rings (SSSR count). The highest BCUT2D eigenvalue weighted by atomic mass is 32.2. The van der Waals surface area contributed by atoms with Crippen LogP contribution in [0.1, 0.15) is 20.8 Å². The van der Waals surface area contributed by atoms with E-state index in [1.807, 2.05) is 18.7 Å². The second-order valence-corrected chi connectivity index (χ2v) is 8.66. The summed E-state index contributed by atoms with van der Waals surface area (Å²) in [4.78, 5) is 13.8. The molecule has 0 unspecified atom stereocenters. The van der Waals surface area contributed by atoms with E-state index >= 15 is 0 Å². The van der Waals surface area contributed by atoms with Gasteiger partial charge in [-0.2, -0.15) is 0 Å². The Labute approximate surface area is 141 Å². The SMILES string of the molecule is C[C@@H]1CN(c2ccc(NC(=O)[C@H](C)S(C)(=O)=O)cc2F)C[C@@H](C)O1. The number of amides is 1. The summed E-state index contributed by atoms with van der Waals surface area (Å²) in [7, 11) is -3.50. The molecule has 1 N–H and O–H groups in total. The molecular weight excluding hydrogens is 335 g/mol. The second-order valence-electron chi connectivity index (χ2n) is 6.29. The maximum Gasteiger partial charge on any atom is 0.242 e. The van der Waals surface area contributed by atoms with Crippen LogP contribution in [0.15, 0.2) is 18.2 Å². The molecule has 1 heterocycles. The van der Waals surface area contributed by atoms with Crippen LogP contribution in [-0.4, -0.2) is 51.1 Å². The number of carbonyl (C=O) groups excluding carboxylic acids is 1. The minimum absolute atomic E-state index is 0.00291. The van der Waals surface area contributed by atoms with Gasteiger partial charge in [0.2, 0.25) is 5.91 Å². The Morgan fingerprint density at radius 2 is 1.92 bits per heavy atom. The Balaban J connectivity index is 2.14. The number of nitrogens with zero attached hydrogens (tertiary/aromatic N) is 1. The number of nitrogens with one attached hydrogen (secondary N) is 1. The second kappa shape index (κ2) is 7.06. The lowest BCUT2D eigenvalue weighted by molar-refractivity contribution is -0.115. The minimum Gasteiger partial charge on any atom is -0.372 e. The van der Waals surface area contributed by atoms with Gasteiger partial charge in [-0.3, -0.25) is 4.79 Å². The monoisotopic (exact) mass is 358 g/mol. The summed E-state index contributed by atoms with van der Waals surface area (Å²) in [6.45, 7) is 6.32. The summed E-state index contributed by atoms with van der Waals surface area (Å²) >= 11 is 0. The molecule has 24 heavy (non-hydrogen) atoms. The van der Waals surface area contributed by atoms with Crippen molar-refractivity contribution in [2.75, 3.05) is 29.6 Å². The number of sulfone groups is 1. The van der Waals surface area contributed by atoms with Crippen LogP contribution >= 0.6 is 0 Å². The van der Waals surface area contributed by atoms with Crippen molar-refractivity contribution in [3.05, 3.63) is 24.0 Å². The van der Waals surface area contributed by atoms with Crippen molar-refractivity contribution < 1.29 is 22.3 Å². The molecule has 1 fully saturated rings. The number of carbonyl (C=O) groups is 1. The fraction of sp³-hybridized carbons (Fsp3) is 0.562. The Bertz CT molecular complexity index is 713. The highest BCUT2D eigenvalue weighted by molar-refractivity contribution is 7.92. The first-order valence-electron chi connectivity index (χ1n) is 7.77. The molecular formula is C16H23FN2O4S. The van der Waals surface area contributed by atoms with E-state index in [0.29, 0.717) is 18.8 Å². The standard InChI is InChI=1S/C16H23FN2O4S/c1-10-8-19(9-11(2)23-10)15-6-5-13(7-14(15)17)18-16(20)12(3)24(4,21)22/h5-7,10-12H,8-9H2,1-4H3,(H,18,20)/t10-,11-,12+/m1/s1. The molecule has 3 atom stereocenters. The Morgan fingerprint density at radius 1 is 1.33 bits per heavy atom. The molecule has 1 aliphatic rings. The van der Waals surface area contributed by atoms with E-state index in [0.717, 1.165) is 6.26 Å². The molecule has 0 saturated carbocycles. The van der Waals surface area contributed by atoms with Gasteiger partial charge in [0.1, 0.15) is 11.1 Å². The first-order chi connectivity index (χ1) is 11.1. The van der Waals surface area contributed by atoms with Crippen molar-refractivity contribution in [1.29, 1.82) is 0 Å². The van der Waals surface area contributed by atoms with Crippen LogP contribution in [0.3, 0.4) is 0 Å². The van der Waals surface area contributed by atoms with E-state index in [4.69, 9.17) is 4.74 Å². The van der Waals surface area contributed by atoms with Crippen molar-refractivity contribution >= 4 is 27.1 Å². The number of benzene rings is 1. The largest absolute Gasteiger partial charge is 0.372 e. The third-order valence-electron chi connectivity index (χ3n) is 3.99. The van der Waals surface area contributed by atoms with Gasteiger partial charge >= 0.3 is 0 Å². The highest BCUT2D eigenvalue weighted by Gasteiger charge is 2.26. The van der Waals surface area contributed by atoms with Crippen LogP contribution in [0, 0.1) is 5.82 Å². The fourth-order valence-electron chi connectivity index (χ4n) is 2.65. The molecule has 1 amide bonds.